The lowest BCUT2D eigenvalue weighted by Crippen LogP contribution is -2.11. The van der Waals surface area contributed by atoms with Crippen molar-refractivity contribution in [3.8, 4) is 0 Å². The summed E-state index contributed by atoms with van der Waals surface area (Å²) in [6.07, 6.45) is 4.12. The summed E-state index contributed by atoms with van der Waals surface area (Å²) in [5.74, 6) is 0.146. The smallest absolute Gasteiger partial charge is 0.173 e. The van der Waals surface area contributed by atoms with Gasteiger partial charge in [0.2, 0.25) is 0 Å². The van der Waals surface area contributed by atoms with Crippen molar-refractivity contribution in [2.45, 2.75) is 26.2 Å². The molecule has 0 atom stereocenters. The minimum absolute atomic E-state index is 0.146. The SMILES string of the molecule is CCCCC(=O)C=NCCNC. The van der Waals surface area contributed by atoms with Gasteiger partial charge in [0.05, 0.1) is 12.8 Å². The Kier molecular flexibility index (Phi) is 7.91. The van der Waals surface area contributed by atoms with Crippen molar-refractivity contribution < 1.29 is 4.79 Å². The predicted octanol–water partition coefficient (Wildman–Crippen LogP) is 1.04. The Morgan fingerprint density at radius 3 is 2.92 bits per heavy atom. The molecule has 0 spiro atoms. The summed E-state index contributed by atoms with van der Waals surface area (Å²) in [7, 11) is 1.87. The molecule has 0 radical (unpaired) electrons. The van der Waals surface area contributed by atoms with E-state index in [0.717, 1.165) is 19.4 Å². The van der Waals surface area contributed by atoms with E-state index in [0.29, 0.717) is 13.0 Å². The highest BCUT2D eigenvalue weighted by atomic mass is 16.1. The molecular formula is C9H18N2O. The maximum atomic E-state index is 11.0. The van der Waals surface area contributed by atoms with E-state index in [9.17, 15) is 4.79 Å². The third-order valence-corrected chi connectivity index (χ3v) is 1.50. The van der Waals surface area contributed by atoms with E-state index < -0.39 is 0 Å². The van der Waals surface area contributed by atoms with E-state index in [1.54, 1.807) is 0 Å². The molecule has 0 aliphatic rings. The number of unbranched alkanes of at least 4 members (excludes halogenated alkanes) is 1. The fourth-order valence-electron chi connectivity index (χ4n) is 0.758. The van der Waals surface area contributed by atoms with Gasteiger partial charge in [-0.25, -0.2) is 0 Å². The molecule has 12 heavy (non-hydrogen) atoms. The summed E-state index contributed by atoms with van der Waals surface area (Å²) >= 11 is 0. The molecule has 0 fully saturated rings. The number of nitrogens with zero attached hydrogens (tertiary/aromatic N) is 1. The van der Waals surface area contributed by atoms with Gasteiger partial charge < -0.3 is 5.32 Å². The van der Waals surface area contributed by atoms with Crippen LogP contribution < -0.4 is 5.32 Å². The number of rotatable bonds is 7. The van der Waals surface area contributed by atoms with Crippen LogP contribution in [0.3, 0.4) is 0 Å². The molecule has 0 aromatic heterocycles. The van der Waals surface area contributed by atoms with E-state index in [1.165, 1.54) is 6.21 Å². The zero-order valence-electron chi connectivity index (χ0n) is 7.97. The molecule has 0 aliphatic carbocycles. The first kappa shape index (κ1) is 11.3. The molecule has 0 rings (SSSR count). The molecule has 0 saturated heterocycles. The van der Waals surface area contributed by atoms with E-state index in [2.05, 4.69) is 17.2 Å². The van der Waals surface area contributed by atoms with Gasteiger partial charge in [-0.3, -0.25) is 9.79 Å². The summed E-state index contributed by atoms with van der Waals surface area (Å²) in [6.45, 7) is 3.59. The van der Waals surface area contributed by atoms with Crippen LogP contribution in [0.15, 0.2) is 4.99 Å². The maximum absolute atomic E-state index is 11.0. The van der Waals surface area contributed by atoms with Gasteiger partial charge in [0.1, 0.15) is 0 Å². The number of nitrogens with one attached hydrogen (secondary N) is 1. The van der Waals surface area contributed by atoms with Crippen LogP contribution in [0.5, 0.6) is 0 Å². The second-order valence-electron chi connectivity index (χ2n) is 2.71. The van der Waals surface area contributed by atoms with Crippen LogP contribution in [0.1, 0.15) is 26.2 Å². The van der Waals surface area contributed by atoms with Gasteiger partial charge in [0.25, 0.3) is 0 Å². The first-order valence-corrected chi connectivity index (χ1v) is 4.48. The van der Waals surface area contributed by atoms with Crippen LogP contribution in [-0.2, 0) is 4.79 Å². The van der Waals surface area contributed by atoms with Crippen LogP contribution in [0.2, 0.25) is 0 Å². The highest BCUT2D eigenvalue weighted by Crippen LogP contribution is 1.92. The Morgan fingerprint density at radius 2 is 2.33 bits per heavy atom. The highest BCUT2D eigenvalue weighted by molar-refractivity contribution is 6.27. The quantitative estimate of drug-likeness (QED) is 0.458. The lowest BCUT2D eigenvalue weighted by atomic mass is 10.2. The molecule has 0 bridgehead atoms. The largest absolute Gasteiger partial charge is 0.318 e. The van der Waals surface area contributed by atoms with Gasteiger partial charge in [0.15, 0.2) is 5.78 Å². The number of Topliss-reactive ketones (excluding diaryl/α,β-unsaturated/α-hetero) is 1. The molecule has 0 aromatic rings. The topological polar surface area (TPSA) is 41.5 Å². The number of carbonyl (C=O) groups excluding carboxylic acids is 1. The Hall–Kier alpha value is -0.700. The lowest BCUT2D eigenvalue weighted by molar-refractivity contribution is -0.112. The van der Waals surface area contributed by atoms with E-state index in [4.69, 9.17) is 0 Å². The van der Waals surface area contributed by atoms with Crippen molar-refractivity contribution in [2.75, 3.05) is 20.1 Å². The van der Waals surface area contributed by atoms with Crippen LogP contribution in [0.25, 0.3) is 0 Å². The first-order chi connectivity index (χ1) is 5.81. The number of aliphatic imine (C=N–C) groups is 1. The second kappa shape index (κ2) is 8.40. The van der Waals surface area contributed by atoms with E-state index in [1.807, 2.05) is 7.05 Å². The molecule has 0 unspecified atom stereocenters. The molecule has 0 aromatic carbocycles. The van der Waals surface area contributed by atoms with Crippen molar-refractivity contribution in [1.82, 2.24) is 5.32 Å². The average Bonchev–Trinajstić information content (AvgIpc) is 2.09. The van der Waals surface area contributed by atoms with Gasteiger partial charge in [-0.15, -0.1) is 0 Å². The molecule has 0 saturated carbocycles. The Labute approximate surface area is 74.3 Å². The number of hydrogen-bond acceptors (Lipinski definition) is 3. The molecule has 1 N–H and O–H groups in total. The fourth-order valence-corrected chi connectivity index (χ4v) is 0.758. The number of hydrogen-bond donors (Lipinski definition) is 1. The summed E-state index contributed by atoms with van der Waals surface area (Å²) < 4.78 is 0. The standard InChI is InChI=1S/C9H18N2O/c1-3-4-5-9(12)8-11-7-6-10-2/h8,10H,3-7H2,1-2H3. The number of ketones is 1. The molecule has 0 aliphatic heterocycles. The van der Waals surface area contributed by atoms with E-state index >= 15 is 0 Å². The van der Waals surface area contributed by atoms with Crippen molar-refractivity contribution in [3.05, 3.63) is 0 Å². The van der Waals surface area contributed by atoms with Crippen LogP contribution in [-0.4, -0.2) is 32.1 Å². The van der Waals surface area contributed by atoms with Gasteiger partial charge in [0, 0.05) is 13.0 Å². The zero-order chi connectivity index (χ0) is 9.23. The fraction of sp³-hybridized carbons (Fsp3) is 0.778. The number of likely N-dealkylation sites (N-methyl/N-ethyl adjacent to an activating group) is 1. The molecule has 0 heterocycles. The third kappa shape index (κ3) is 7.41. The summed E-state index contributed by atoms with van der Waals surface area (Å²) in [6, 6.07) is 0. The molecule has 70 valence electrons. The predicted molar refractivity (Wildman–Crippen MR) is 51.8 cm³/mol. The van der Waals surface area contributed by atoms with E-state index in [-0.39, 0.29) is 5.78 Å². The third-order valence-electron chi connectivity index (χ3n) is 1.50. The molecular weight excluding hydrogens is 152 g/mol. The van der Waals surface area contributed by atoms with Crippen LogP contribution in [0, 0.1) is 0 Å². The Balaban J connectivity index is 3.34. The van der Waals surface area contributed by atoms with Gasteiger partial charge in [-0.1, -0.05) is 13.3 Å². The Bertz CT molecular complexity index is 143. The first-order valence-electron chi connectivity index (χ1n) is 4.48. The minimum Gasteiger partial charge on any atom is -0.318 e. The normalized spacial score (nSPS) is 10.8. The molecule has 3 nitrogen and oxygen atoms in total. The summed E-state index contributed by atoms with van der Waals surface area (Å²) in [5.41, 5.74) is 0. The maximum Gasteiger partial charge on any atom is 0.173 e. The highest BCUT2D eigenvalue weighted by Gasteiger charge is 1.94. The monoisotopic (exact) mass is 170 g/mol. The Morgan fingerprint density at radius 1 is 1.58 bits per heavy atom. The van der Waals surface area contributed by atoms with Crippen molar-refractivity contribution in [2.24, 2.45) is 4.99 Å². The summed E-state index contributed by atoms with van der Waals surface area (Å²) in [5, 5.41) is 2.96. The van der Waals surface area contributed by atoms with Gasteiger partial charge in [-0.05, 0) is 13.5 Å². The molecule has 0 amide bonds. The molecule has 3 heteroatoms. The van der Waals surface area contributed by atoms with Crippen molar-refractivity contribution in [1.29, 1.82) is 0 Å². The van der Waals surface area contributed by atoms with Gasteiger partial charge >= 0.3 is 0 Å². The second-order valence-corrected chi connectivity index (χ2v) is 2.71. The van der Waals surface area contributed by atoms with Gasteiger partial charge in [-0.2, -0.15) is 0 Å². The van der Waals surface area contributed by atoms with Crippen LogP contribution >= 0.6 is 0 Å². The lowest BCUT2D eigenvalue weighted by Gasteiger charge is -1.92. The van der Waals surface area contributed by atoms with Crippen LogP contribution in [0.4, 0.5) is 0 Å². The average molecular weight is 170 g/mol. The van der Waals surface area contributed by atoms with Crippen molar-refractivity contribution >= 4 is 12.0 Å². The minimum atomic E-state index is 0.146. The number of carbonyl (C=O) groups is 1. The zero-order valence-corrected chi connectivity index (χ0v) is 7.97. The van der Waals surface area contributed by atoms with Crippen molar-refractivity contribution in [3.63, 3.8) is 0 Å². The summed E-state index contributed by atoms with van der Waals surface area (Å²) in [4.78, 5) is 15.0.